The minimum atomic E-state index is -0.827. The third-order valence-corrected chi connectivity index (χ3v) is 2.87. The molecule has 0 aromatic heterocycles. The Hall–Kier alpha value is -0.870. The van der Waals surface area contributed by atoms with E-state index in [9.17, 15) is 9.90 Å². The van der Waals surface area contributed by atoms with E-state index >= 15 is 0 Å². The molecular formula is C12H15BrO3. The van der Waals surface area contributed by atoms with Crippen LogP contribution in [0.25, 0.3) is 0 Å². The first kappa shape index (κ1) is 13.2. The van der Waals surface area contributed by atoms with E-state index in [-0.39, 0.29) is 5.97 Å². The highest BCUT2D eigenvalue weighted by molar-refractivity contribution is 9.10. The van der Waals surface area contributed by atoms with Crippen molar-refractivity contribution >= 4 is 21.9 Å². The van der Waals surface area contributed by atoms with Gasteiger partial charge in [-0.25, -0.2) is 0 Å². The average Bonchev–Trinajstić information content (AvgIpc) is 2.28. The number of hydrogen-bond donors (Lipinski definition) is 1. The highest BCUT2D eigenvalue weighted by Gasteiger charge is 2.24. The molecule has 16 heavy (non-hydrogen) atoms. The quantitative estimate of drug-likeness (QED) is 0.866. The van der Waals surface area contributed by atoms with Gasteiger partial charge in [0, 0.05) is 4.47 Å². The van der Waals surface area contributed by atoms with Crippen molar-refractivity contribution in [2.75, 3.05) is 6.61 Å². The van der Waals surface area contributed by atoms with Crippen LogP contribution in [0.15, 0.2) is 28.7 Å². The van der Waals surface area contributed by atoms with E-state index in [1.807, 2.05) is 12.1 Å². The summed E-state index contributed by atoms with van der Waals surface area (Å²) in [5, 5.41) is 9.96. The summed E-state index contributed by atoms with van der Waals surface area (Å²) < 4.78 is 5.80. The van der Waals surface area contributed by atoms with Gasteiger partial charge in [0.15, 0.2) is 0 Å². The number of ether oxygens (including phenoxy) is 1. The summed E-state index contributed by atoms with van der Waals surface area (Å²) in [5.74, 6) is -0.931. The molecule has 1 aromatic carbocycles. The Labute approximate surface area is 104 Å². The molecule has 1 aromatic rings. The van der Waals surface area contributed by atoms with E-state index in [4.69, 9.17) is 4.74 Å². The van der Waals surface area contributed by atoms with Gasteiger partial charge in [-0.15, -0.1) is 0 Å². The Bertz CT molecular complexity index is 348. The monoisotopic (exact) mass is 286 g/mol. The van der Waals surface area contributed by atoms with Crippen LogP contribution in [-0.4, -0.2) is 17.7 Å². The van der Waals surface area contributed by atoms with Crippen LogP contribution in [0.5, 0.6) is 0 Å². The number of halogens is 1. The molecule has 0 radical (unpaired) electrons. The van der Waals surface area contributed by atoms with Crippen molar-refractivity contribution in [2.45, 2.75) is 20.0 Å². The van der Waals surface area contributed by atoms with E-state index in [1.165, 1.54) is 0 Å². The van der Waals surface area contributed by atoms with Crippen LogP contribution in [0.2, 0.25) is 0 Å². The Kier molecular flexibility index (Phi) is 4.96. The van der Waals surface area contributed by atoms with Gasteiger partial charge in [0.2, 0.25) is 0 Å². The Morgan fingerprint density at radius 1 is 1.44 bits per heavy atom. The fraction of sp³-hybridized carbons (Fsp3) is 0.417. The fourth-order valence-corrected chi connectivity index (χ4v) is 1.62. The van der Waals surface area contributed by atoms with Crippen LogP contribution >= 0.6 is 15.9 Å². The maximum Gasteiger partial charge on any atom is 0.311 e. The van der Waals surface area contributed by atoms with E-state index in [1.54, 1.807) is 26.0 Å². The molecule has 0 amide bonds. The third kappa shape index (κ3) is 3.32. The lowest BCUT2D eigenvalue weighted by molar-refractivity contribution is -0.151. The predicted octanol–water partition coefficient (Wildman–Crippen LogP) is 2.68. The van der Waals surface area contributed by atoms with Crippen LogP contribution in [0.3, 0.4) is 0 Å². The van der Waals surface area contributed by atoms with Gasteiger partial charge in [-0.1, -0.05) is 28.1 Å². The minimum Gasteiger partial charge on any atom is -0.466 e. The molecular weight excluding hydrogens is 272 g/mol. The van der Waals surface area contributed by atoms with E-state index in [0.717, 1.165) is 4.47 Å². The maximum absolute atomic E-state index is 11.4. The largest absolute Gasteiger partial charge is 0.466 e. The van der Waals surface area contributed by atoms with Crippen molar-refractivity contribution in [1.29, 1.82) is 0 Å². The fourth-order valence-electron chi connectivity index (χ4n) is 1.35. The zero-order chi connectivity index (χ0) is 12.1. The Balaban J connectivity index is 2.73. The molecule has 0 aliphatic carbocycles. The lowest BCUT2D eigenvalue weighted by Gasteiger charge is -2.17. The van der Waals surface area contributed by atoms with Crippen LogP contribution in [0.1, 0.15) is 25.5 Å². The molecule has 2 atom stereocenters. The summed E-state index contributed by atoms with van der Waals surface area (Å²) in [4.78, 5) is 11.4. The van der Waals surface area contributed by atoms with Gasteiger partial charge in [0.05, 0.1) is 18.6 Å². The second-order valence-corrected chi connectivity index (χ2v) is 4.45. The number of rotatable bonds is 4. The second kappa shape index (κ2) is 6.01. The molecule has 4 heteroatoms. The standard InChI is InChI=1S/C12H15BrO3/c1-3-16-12(15)8(2)11(14)9-4-6-10(13)7-5-9/h4-8,11,14H,3H2,1-2H3/t8-,11+/m0/s1. The first-order valence-corrected chi connectivity index (χ1v) is 5.95. The lowest BCUT2D eigenvalue weighted by Crippen LogP contribution is -2.21. The van der Waals surface area contributed by atoms with Crippen molar-refractivity contribution < 1.29 is 14.6 Å². The molecule has 0 saturated carbocycles. The van der Waals surface area contributed by atoms with Crippen molar-refractivity contribution in [3.8, 4) is 0 Å². The van der Waals surface area contributed by atoms with Gasteiger partial charge in [0.1, 0.15) is 0 Å². The SMILES string of the molecule is CCOC(=O)[C@@H](C)[C@@H](O)c1ccc(Br)cc1. The molecule has 3 nitrogen and oxygen atoms in total. The molecule has 1 rings (SSSR count). The Morgan fingerprint density at radius 3 is 2.50 bits per heavy atom. The summed E-state index contributed by atoms with van der Waals surface area (Å²) in [6.45, 7) is 3.73. The molecule has 0 unspecified atom stereocenters. The summed E-state index contributed by atoms with van der Waals surface area (Å²) in [6, 6.07) is 7.22. The predicted molar refractivity (Wildman–Crippen MR) is 64.9 cm³/mol. The highest BCUT2D eigenvalue weighted by Crippen LogP contribution is 2.24. The molecule has 0 heterocycles. The summed E-state index contributed by atoms with van der Waals surface area (Å²) >= 11 is 3.31. The maximum atomic E-state index is 11.4. The van der Waals surface area contributed by atoms with Crippen LogP contribution in [0.4, 0.5) is 0 Å². The molecule has 1 N–H and O–H groups in total. The Morgan fingerprint density at radius 2 is 2.00 bits per heavy atom. The summed E-state index contributed by atoms with van der Waals surface area (Å²) in [7, 11) is 0. The number of aliphatic hydroxyl groups excluding tert-OH is 1. The first-order valence-electron chi connectivity index (χ1n) is 5.16. The van der Waals surface area contributed by atoms with E-state index in [2.05, 4.69) is 15.9 Å². The number of aliphatic hydroxyl groups is 1. The normalized spacial score (nSPS) is 14.2. The van der Waals surface area contributed by atoms with E-state index in [0.29, 0.717) is 12.2 Å². The lowest BCUT2D eigenvalue weighted by atomic mass is 9.98. The van der Waals surface area contributed by atoms with E-state index < -0.39 is 12.0 Å². The topological polar surface area (TPSA) is 46.5 Å². The molecule has 0 bridgehead atoms. The van der Waals surface area contributed by atoms with Gasteiger partial charge in [-0.05, 0) is 31.5 Å². The zero-order valence-electron chi connectivity index (χ0n) is 9.31. The van der Waals surface area contributed by atoms with Crippen molar-refractivity contribution in [3.05, 3.63) is 34.3 Å². The molecule has 0 aliphatic rings. The second-order valence-electron chi connectivity index (χ2n) is 3.54. The number of benzene rings is 1. The summed E-state index contributed by atoms with van der Waals surface area (Å²) in [6.07, 6.45) is -0.827. The molecule has 0 aliphatic heterocycles. The number of carbonyl (C=O) groups is 1. The first-order chi connectivity index (χ1) is 7.56. The van der Waals surface area contributed by atoms with Crippen LogP contribution < -0.4 is 0 Å². The van der Waals surface area contributed by atoms with Crippen LogP contribution in [-0.2, 0) is 9.53 Å². The van der Waals surface area contributed by atoms with Gasteiger partial charge >= 0.3 is 5.97 Å². The summed E-state index contributed by atoms with van der Waals surface area (Å²) in [5.41, 5.74) is 0.712. The van der Waals surface area contributed by atoms with Crippen LogP contribution in [0, 0.1) is 5.92 Å². The molecule has 88 valence electrons. The zero-order valence-corrected chi connectivity index (χ0v) is 10.9. The van der Waals surface area contributed by atoms with Crippen molar-refractivity contribution in [3.63, 3.8) is 0 Å². The van der Waals surface area contributed by atoms with Gasteiger partial charge < -0.3 is 9.84 Å². The third-order valence-electron chi connectivity index (χ3n) is 2.34. The smallest absolute Gasteiger partial charge is 0.311 e. The number of hydrogen-bond acceptors (Lipinski definition) is 3. The van der Waals surface area contributed by atoms with Gasteiger partial charge in [-0.2, -0.15) is 0 Å². The molecule has 0 fully saturated rings. The average molecular weight is 287 g/mol. The number of esters is 1. The van der Waals surface area contributed by atoms with Crippen molar-refractivity contribution in [1.82, 2.24) is 0 Å². The highest BCUT2D eigenvalue weighted by atomic mass is 79.9. The molecule has 0 spiro atoms. The van der Waals surface area contributed by atoms with Gasteiger partial charge in [0.25, 0.3) is 0 Å². The molecule has 0 saturated heterocycles. The minimum absolute atomic E-state index is 0.330. The van der Waals surface area contributed by atoms with Crippen molar-refractivity contribution in [2.24, 2.45) is 5.92 Å². The van der Waals surface area contributed by atoms with Gasteiger partial charge in [-0.3, -0.25) is 4.79 Å². The number of carbonyl (C=O) groups excluding carboxylic acids is 1.